The van der Waals surface area contributed by atoms with Gasteiger partial charge in [0.2, 0.25) is 0 Å². The molecule has 0 atom stereocenters. The summed E-state index contributed by atoms with van der Waals surface area (Å²) < 4.78 is 5.71. The van der Waals surface area contributed by atoms with Crippen molar-refractivity contribution in [2.75, 3.05) is 5.01 Å². The standard InChI is InChI=1S/C15H14BN3O/c16-12-6-8-13(9-7-12)19(17)15-18-10-14(20-15)11-4-2-1-3-5-11/h1-10H,16-17H2. The van der Waals surface area contributed by atoms with E-state index in [1.165, 1.54) is 10.5 Å². The van der Waals surface area contributed by atoms with E-state index in [2.05, 4.69) is 4.98 Å². The monoisotopic (exact) mass is 263 g/mol. The third-order valence-electron chi connectivity index (χ3n) is 3.07. The maximum Gasteiger partial charge on any atom is 0.317 e. The minimum absolute atomic E-state index is 0.368. The van der Waals surface area contributed by atoms with Crippen molar-refractivity contribution in [1.29, 1.82) is 0 Å². The first-order valence-corrected chi connectivity index (χ1v) is 6.37. The molecule has 0 unspecified atom stereocenters. The van der Waals surface area contributed by atoms with Crippen LogP contribution >= 0.6 is 0 Å². The number of anilines is 2. The Labute approximate surface area is 118 Å². The number of rotatable bonds is 3. The van der Waals surface area contributed by atoms with Crippen LogP contribution in [0.2, 0.25) is 0 Å². The minimum Gasteiger partial charge on any atom is -0.422 e. The number of hydrogen-bond acceptors (Lipinski definition) is 4. The summed E-state index contributed by atoms with van der Waals surface area (Å²) in [5.41, 5.74) is 2.99. The molecule has 0 saturated heterocycles. The van der Waals surface area contributed by atoms with E-state index < -0.39 is 0 Å². The van der Waals surface area contributed by atoms with Crippen molar-refractivity contribution in [1.82, 2.24) is 4.98 Å². The molecule has 5 heteroatoms. The lowest BCUT2D eigenvalue weighted by Crippen LogP contribution is -2.25. The van der Waals surface area contributed by atoms with Crippen LogP contribution < -0.4 is 16.3 Å². The zero-order chi connectivity index (χ0) is 13.9. The highest BCUT2D eigenvalue weighted by molar-refractivity contribution is 6.32. The van der Waals surface area contributed by atoms with Crippen molar-refractivity contribution < 1.29 is 4.42 Å². The number of hydrogen-bond donors (Lipinski definition) is 1. The van der Waals surface area contributed by atoms with Crippen LogP contribution in [0.5, 0.6) is 0 Å². The molecule has 4 nitrogen and oxygen atoms in total. The fourth-order valence-corrected chi connectivity index (χ4v) is 1.93. The van der Waals surface area contributed by atoms with E-state index in [4.69, 9.17) is 10.3 Å². The normalized spacial score (nSPS) is 10.4. The number of oxazole rings is 1. The zero-order valence-corrected chi connectivity index (χ0v) is 11.2. The molecule has 0 aliphatic rings. The summed E-state index contributed by atoms with van der Waals surface area (Å²) in [6.45, 7) is 0. The number of hydrazine groups is 1. The third-order valence-corrected chi connectivity index (χ3v) is 3.07. The van der Waals surface area contributed by atoms with Crippen LogP contribution in [0.3, 0.4) is 0 Å². The van der Waals surface area contributed by atoms with Gasteiger partial charge in [0.15, 0.2) is 5.76 Å². The van der Waals surface area contributed by atoms with E-state index >= 15 is 0 Å². The van der Waals surface area contributed by atoms with Gasteiger partial charge in [-0.15, -0.1) is 0 Å². The highest BCUT2D eigenvalue weighted by Crippen LogP contribution is 2.26. The van der Waals surface area contributed by atoms with Gasteiger partial charge in [-0.2, -0.15) is 4.98 Å². The second-order valence-corrected chi connectivity index (χ2v) is 4.58. The highest BCUT2D eigenvalue weighted by Gasteiger charge is 2.12. The number of nitrogens with two attached hydrogens (primary N) is 1. The average Bonchev–Trinajstić information content (AvgIpc) is 2.98. The molecule has 0 bridgehead atoms. The number of benzene rings is 2. The molecule has 0 aliphatic carbocycles. The molecule has 20 heavy (non-hydrogen) atoms. The van der Waals surface area contributed by atoms with Gasteiger partial charge in [0, 0.05) is 5.56 Å². The molecule has 2 aromatic carbocycles. The summed E-state index contributed by atoms with van der Waals surface area (Å²) in [4.78, 5) is 4.23. The lowest BCUT2D eigenvalue weighted by Gasteiger charge is -2.13. The quantitative estimate of drug-likeness (QED) is 0.443. The van der Waals surface area contributed by atoms with Crippen LogP contribution in [0.25, 0.3) is 11.3 Å². The summed E-state index contributed by atoms with van der Waals surface area (Å²) in [6.07, 6.45) is 1.68. The molecule has 3 rings (SSSR count). The molecule has 0 aliphatic heterocycles. The lowest BCUT2D eigenvalue weighted by atomic mass is 9.96. The van der Waals surface area contributed by atoms with Crippen molar-refractivity contribution in [2.24, 2.45) is 5.84 Å². The summed E-state index contributed by atoms with van der Waals surface area (Å²) in [6, 6.07) is 18.0. The van der Waals surface area contributed by atoms with Crippen LogP contribution in [0.1, 0.15) is 0 Å². The van der Waals surface area contributed by atoms with Gasteiger partial charge >= 0.3 is 6.01 Å². The summed E-state index contributed by atoms with van der Waals surface area (Å²) in [7, 11) is 2.03. The van der Waals surface area contributed by atoms with Crippen molar-refractivity contribution in [2.45, 2.75) is 0 Å². The van der Waals surface area contributed by atoms with Gasteiger partial charge in [-0.25, -0.2) is 10.9 Å². The smallest absolute Gasteiger partial charge is 0.317 e. The first-order chi connectivity index (χ1) is 9.74. The maximum absolute atomic E-state index is 6.03. The SMILES string of the molecule is Bc1ccc(N(N)c2ncc(-c3ccccc3)o2)cc1. The van der Waals surface area contributed by atoms with Crippen LogP contribution in [-0.2, 0) is 0 Å². The predicted molar refractivity (Wildman–Crippen MR) is 82.9 cm³/mol. The molecule has 3 aromatic rings. The highest BCUT2D eigenvalue weighted by atomic mass is 16.4. The molecule has 0 spiro atoms. The van der Waals surface area contributed by atoms with E-state index in [0.29, 0.717) is 11.8 Å². The summed E-state index contributed by atoms with van der Waals surface area (Å²) in [5, 5.41) is 1.44. The Kier molecular flexibility index (Phi) is 3.27. The lowest BCUT2D eigenvalue weighted by molar-refractivity contribution is 0.568. The summed E-state index contributed by atoms with van der Waals surface area (Å²) in [5.74, 6) is 6.73. The first kappa shape index (κ1) is 12.5. The number of aromatic nitrogens is 1. The van der Waals surface area contributed by atoms with Gasteiger partial charge in [-0.1, -0.05) is 47.9 Å². The Morgan fingerprint density at radius 1 is 1.00 bits per heavy atom. The topological polar surface area (TPSA) is 55.3 Å². The van der Waals surface area contributed by atoms with Crippen molar-refractivity contribution in [3.05, 3.63) is 60.8 Å². The van der Waals surface area contributed by atoms with Crippen molar-refractivity contribution in [3.63, 3.8) is 0 Å². The second-order valence-electron chi connectivity index (χ2n) is 4.58. The molecule has 1 heterocycles. The summed E-state index contributed by atoms with van der Waals surface area (Å²) >= 11 is 0. The van der Waals surface area contributed by atoms with E-state index in [1.807, 2.05) is 62.4 Å². The number of nitrogens with zero attached hydrogens (tertiary/aromatic N) is 2. The molecule has 0 radical (unpaired) electrons. The van der Waals surface area contributed by atoms with E-state index in [1.54, 1.807) is 6.20 Å². The zero-order valence-electron chi connectivity index (χ0n) is 11.2. The van der Waals surface area contributed by atoms with Crippen molar-refractivity contribution in [3.8, 4) is 11.3 Å². The van der Waals surface area contributed by atoms with Crippen LogP contribution in [0, 0.1) is 0 Å². The Morgan fingerprint density at radius 3 is 2.40 bits per heavy atom. The molecule has 0 saturated carbocycles. The van der Waals surface area contributed by atoms with Gasteiger partial charge in [-0.05, 0) is 12.1 Å². The fourth-order valence-electron chi connectivity index (χ4n) is 1.93. The molecule has 0 amide bonds. The van der Waals surface area contributed by atoms with Crippen molar-refractivity contribution >= 4 is 25.0 Å². The second kappa shape index (κ2) is 5.23. The molecule has 98 valence electrons. The predicted octanol–water partition coefficient (Wildman–Crippen LogP) is 1.61. The first-order valence-electron chi connectivity index (χ1n) is 6.37. The van der Waals surface area contributed by atoms with E-state index in [9.17, 15) is 0 Å². The van der Waals surface area contributed by atoms with Gasteiger partial charge in [0.1, 0.15) is 7.85 Å². The van der Waals surface area contributed by atoms with Gasteiger partial charge in [-0.3, -0.25) is 0 Å². The molecule has 1 aromatic heterocycles. The Morgan fingerprint density at radius 2 is 1.70 bits per heavy atom. The Balaban J connectivity index is 1.88. The molecular weight excluding hydrogens is 249 g/mol. The maximum atomic E-state index is 6.03. The minimum atomic E-state index is 0.368. The Hall–Kier alpha value is -2.53. The van der Waals surface area contributed by atoms with Crippen LogP contribution in [-0.4, -0.2) is 12.8 Å². The van der Waals surface area contributed by atoms with Gasteiger partial charge < -0.3 is 4.42 Å². The largest absolute Gasteiger partial charge is 0.422 e. The third kappa shape index (κ3) is 2.44. The Bertz CT molecular complexity index is 695. The van der Waals surface area contributed by atoms with Gasteiger partial charge in [0.25, 0.3) is 0 Å². The van der Waals surface area contributed by atoms with E-state index in [-0.39, 0.29) is 0 Å². The van der Waals surface area contributed by atoms with Crippen LogP contribution in [0.4, 0.5) is 11.7 Å². The van der Waals surface area contributed by atoms with E-state index in [0.717, 1.165) is 11.3 Å². The fraction of sp³-hybridized carbons (Fsp3) is 0. The van der Waals surface area contributed by atoms with Gasteiger partial charge in [0.05, 0.1) is 11.9 Å². The molecular formula is C15H14BN3O. The van der Waals surface area contributed by atoms with Crippen LogP contribution in [0.15, 0.2) is 65.2 Å². The molecule has 2 N–H and O–H groups in total. The molecule has 0 fully saturated rings. The average molecular weight is 263 g/mol.